The van der Waals surface area contributed by atoms with Crippen LogP contribution in [0.5, 0.6) is 0 Å². The predicted molar refractivity (Wildman–Crippen MR) is 76.8 cm³/mol. The molecule has 0 spiro atoms. The Morgan fingerprint density at radius 3 is 3.05 bits per heavy atom. The number of fused-ring (bicyclic) bond motifs is 1. The summed E-state index contributed by atoms with van der Waals surface area (Å²) in [7, 11) is 1.80. The summed E-state index contributed by atoms with van der Waals surface area (Å²) in [6.45, 7) is 0.400. The zero-order valence-electron chi connectivity index (χ0n) is 11.2. The Morgan fingerprint density at radius 2 is 2.29 bits per heavy atom. The molecule has 0 bridgehead atoms. The lowest BCUT2D eigenvalue weighted by molar-refractivity contribution is -0.116. The molecule has 0 radical (unpaired) electrons. The van der Waals surface area contributed by atoms with Gasteiger partial charge in [-0.15, -0.1) is 5.10 Å². The lowest BCUT2D eigenvalue weighted by Gasteiger charge is -2.03. The van der Waals surface area contributed by atoms with Crippen LogP contribution in [0, 0.1) is 0 Å². The molecule has 0 unspecified atom stereocenters. The molecular weight excluding hydrogens is 294 g/mol. The molecule has 0 saturated carbocycles. The maximum Gasteiger partial charge on any atom is 0.227 e. The molecule has 0 aliphatic carbocycles. The first-order chi connectivity index (χ1) is 10.1. The fourth-order valence-corrected chi connectivity index (χ4v) is 2.31. The summed E-state index contributed by atoms with van der Waals surface area (Å²) >= 11 is 6.18. The van der Waals surface area contributed by atoms with Gasteiger partial charge in [0.2, 0.25) is 5.91 Å². The van der Waals surface area contributed by atoms with E-state index in [1.807, 2.05) is 12.1 Å². The highest BCUT2D eigenvalue weighted by Gasteiger charge is 2.14. The molecule has 2 aromatic heterocycles. The van der Waals surface area contributed by atoms with E-state index in [0.717, 1.165) is 10.9 Å². The zero-order valence-corrected chi connectivity index (χ0v) is 11.9. The number of anilines is 1. The Morgan fingerprint density at radius 1 is 1.43 bits per heavy atom. The van der Waals surface area contributed by atoms with Gasteiger partial charge >= 0.3 is 0 Å². The van der Waals surface area contributed by atoms with Gasteiger partial charge in [0.05, 0.1) is 22.5 Å². The van der Waals surface area contributed by atoms with Crippen LogP contribution in [-0.4, -0.2) is 35.9 Å². The van der Waals surface area contributed by atoms with Gasteiger partial charge in [-0.2, -0.15) is 5.10 Å². The summed E-state index contributed by atoms with van der Waals surface area (Å²) in [4.78, 5) is 12.0. The smallest absolute Gasteiger partial charge is 0.227 e. The molecular formula is C12H12ClN7O. The van der Waals surface area contributed by atoms with Crippen LogP contribution >= 0.6 is 11.6 Å². The number of amides is 1. The van der Waals surface area contributed by atoms with E-state index in [-0.39, 0.29) is 12.3 Å². The standard InChI is InChI=1S/C12H12ClN7O/c1-19-9-4-2-3-8(13)11(9)12(16-19)15-10(21)5-6-20-7-14-17-18-20/h2-4,7H,5-6H2,1H3,(H,15,16,21). The number of nitrogens with zero attached hydrogens (tertiary/aromatic N) is 6. The van der Waals surface area contributed by atoms with Gasteiger partial charge in [0.25, 0.3) is 0 Å². The van der Waals surface area contributed by atoms with Crippen molar-refractivity contribution in [3.63, 3.8) is 0 Å². The Kier molecular flexibility index (Phi) is 3.53. The summed E-state index contributed by atoms with van der Waals surface area (Å²) < 4.78 is 3.17. The minimum atomic E-state index is -0.176. The number of tetrazole rings is 1. The van der Waals surface area contributed by atoms with Gasteiger partial charge in [0, 0.05) is 13.5 Å². The molecule has 0 aliphatic heterocycles. The quantitative estimate of drug-likeness (QED) is 0.783. The maximum absolute atomic E-state index is 12.0. The maximum atomic E-state index is 12.0. The molecule has 3 rings (SSSR count). The van der Waals surface area contributed by atoms with Crippen LogP contribution in [0.4, 0.5) is 5.82 Å². The first-order valence-electron chi connectivity index (χ1n) is 6.27. The van der Waals surface area contributed by atoms with E-state index in [1.54, 1.807) is 17.8 Å². The van der Waals surface area contributed by atoms with Gasteiger partial charge in [-0.1, -0.05) is 17.7 Å². The molecule has 8 nitrogen and oxygen atoms in total. The largest absolute Gasteiger partial charge is 0.309 e. The number of benzene rings is 1. The highest BCUT2D eigenvalue weighted by Crippen LogP contribution is 2.29. The van der Waals surface area contributed by atoms with E-state index >= 15 is 0 Å². The Hall–Kier alpha value is -2.48. The van der Waals surface area contributed by atoms with Crippen LogP contribution in [0.15, 0.2) is 24.5 Å². The number of aryl methyl sites for hydroxylation is 2. The lowest BCUT2D eigenvalue weighted by atomic mass is 10.2. The molecule has 2 heterocycles. The van der Waals surface area contributed by atoms with E-state index in [1.165, 1.54) is 11.0 Å². The summed E-state index contributed by atoms with van der Waals surface area (Å²) in [5.41, 5.74) is 0.860. The van der Waals surface area contributed by atoms with Crippen LogP contribution < -0.4 is 5.32 Å². The monoisotopic (exact) mass is 305 g/mol. The summed E-state index contributed by atoms with van der Waals surface area (Å²) in [6.07, 6.45) is 1.70. The fourth-order valence-electron chi connectivity index (χ4n) is 2.05. The van der Waals surface area contributed by atoms with Gasteiger partial charge in [-0.3, -0.25) is 9.48 Å². The number of halogens is 1. The van der Waals surface area contributed by atoms with Gasteiger partial charge in [-0.25, -0.2) is 4.68 Å². The van der Waals surface area contributed by atoms with E-state index in [2.05, 4.69) is 25.9 Å². The van der Waals surface area contributed by atoms with E-state index < -0.39 is 0 Å². The van der Waals surface area contributed by atoms with Crippen molar-refractivity contribution < 1.29 is 4.79 Å². The highest BCUT2D eigenvalue weighted by molar-refractivity contribution is 6.36. The van der Waals surface area contributed by atoms with Crippen molar-refractivity contribution in [2.24, 2.45) is 7.05 Å². The summed E-state index contributed by atoms with van der Waals surface area (Å²) in [5, 5.41) is 19.1. The average Bonchev–Trinajstić information content (AvgIpc) is 3.07. The first-order valence-corrected chi connectivity index (χ1v) is 6.65. The SMILES string of the molecule is Cn1nc(NC(=O)CCn2cnnn2)c2c(Cl)cccc21. The highest BCUT2D eigenvalue weighted by atomic mass is 35.5. The molecule has 0 aliphatic rings. The lowest BCUT2D eigenvalue weighted by Crippen LogP contribution is -2.15. The number of hydrogen-bond donors (Lipinski definition) is 1. The second kappa shape index (κ2) is 5.49. The van der Waals surface area contributed by atoms with Gasteiger partial charge in [0.15, 0.2) is 5.82 Å². The third kappa shape index (κ3) is 2.70. The molecule has 0 saturated heterocycles. The number of nitrogens with one attached hydrogen (secondary N) is 1. The van der Waals surface area contributed by atoms with E-state index in [0.29, 0.717) is 17.4 Å². The Labute approximate surface area is 124 Å². The molecule has 0 fully saturated rings. The van der Waals surface area contributed by atoms with Gasteiger partial charge < -0.3 is 5.32 Å². The number of hydrogen-bond acceptors (Lipinski definition) is 5. The summed E-state index contributed by atoms with van der Waals surface area (Å²) in [5.74, 6) is 0.283. The Balaban J connectivity index is 1.77. The number of aromatic nitrogens is 6. The second-order valence-electron chi connectivity index (χ2n) is 4.48. The molecule has 1 aromatic carbocycles. The third-order valence-corrected chi connectivity index (χ3v) is 3.36. The molecule has 1 N–H and O–H groups in total. The van der Waals surface area contributed by atoms with Crippen molar-refractivity contribution in [3.05, 3.63) is 29.5 Å². The Bertz CT molecular complexity index is 780. The van der Waals surface area contributed by atoms with Crippen LogP contribution in [0.1, 0.15) is 6.42 Å². The summed E-state index contributed by atoms with van der Waals surface area (Å²) in [6, 6.07) is 5.50. The van der Waals surface area contributed by atoms with Crippen LogP contribution in [0.2, 0.25) is 5.02 Å². The fraction of sp³-hybridized carbons (Fsp3) is 0.250. The first kappa shape index (κ1) is 13.5. The van der Waals surface area contributed by atoms with E-state index in [9.17, 15) is 4.79 Å². The topological polar surface area (TPSA) is 90.5 Å². The van der Waals surface area contributed by atoms with Gasteiger partial charge in [-0.05, 0) is 22.6 Å². The van der Waals surface area contributed by atoms with Crippen molar-refractivity contribution in [1.29, 1.82) is 0 Å². The van der Waals surface area contributed by atoms with Crippen molar-refractivity contribution in [3.8, 4) is 0 Å². The van der Waals surface area contributed by atoms with Gasteiger partial charge in [0.1, 0.15) is 6.33 Å². The molecule has 0 atom stereocenters. The molecule has 1 amide bonds. The van der Waals surface area contributed by atoms with Crippen molar-refractivity contribution >= 4 is 34.2 Å². The zero-order chi connectivity index (χ0) is 14.8. The average molecular weight is 306 g/mol. The van der Waals surface area contributed by atoms with Crippen molar-refractivity contribution in [2.75, 3.05) is 5.32 Å². The van der Waals surface area contributed by atoms with Crippen LogP contribution in [0.3, 0.4) is 0 Å². The number of rotatable bonds is 4. The minimum absolute atomic E-state index is 0.176. The number of carbonyl (C=O) groups excluding carboxylic acids is 1. The molecule has 108 valence electrons. The number of carbonyl (C=O) groups is 1. The normalized spacial score (nSPS) is 11.0. The van der Waals surface area contributed by atoms with Crippen molar-refractivity contribution in [1.82, 2.24) is 30.0 Å². The van der Waals surface area contributed by atoms with Crippen LogP contribution in [-0.2, 0) is 18.4 Å². The second-order valence-corrected chi connectivity index (χ2v) is 4.88. The predicted octanol–water partition coefficient (Wildman–Crippen LogP) is 1.24. The molecule has 3 aromatic rings. The molecule has 21 heavy (non-hydrogen) atoms. The van der Waals surface area contributed by atoms with Crippen molar-refractivity contribution in [2.45, 2.75) is 13.0 Å². The minimum Gasteiger partial charge on any atom is -0.309 e. The molecule has 9 heteroatoms. The third-order valence-electron chi connectivity index (χ3n) is 3.04. The van der Waals surface area contributed by atoms with E-state index in [4.69, 9.17) is 11.6 Å². The van der Waals surface area contributed by atoms with Crippen LogP contribution in [0.25, 0.3) is 10.9 Å².